The SMILES string of the molecule is CCCCC(C/C=C/I)O[C]([Re])([Re])[Re]. The minimum absolute atomic E-state index is 0.150. The molecule has 0 aliphatic carbocycles. The molecule has 0 aliphatic rings. The monoisotopic (exact) mass is 826 g/mol. The van der Waals surface area contributed by atoms with Crippen LogP contribution in [0.3, 0.4) is 0 Å². The maximum atomic E-state index is 6.06. The Balaban J connectivity index is 3.96. The minimum atomic E-state index is 0.150. The Hall–Kier alpha value is 2.42. The third-order valence-electron chi connectivity index (χ3n) is 1.67. The van der Waals surface area contributed by atoms with Gasteiger partial charge in [0, 0.05) is 0 Å². The Bertz CT molecular complexity index is 168. The summed E-state index contributed by atoms with van der Waals surface area (Å²) in [6.07, 6.45) is 7.45. The molecule has 5 heteroatoms. The van der Waals surface area contributed by atoms with Crippen molar-refractivity contribution in [3.05, 3.63) is 10.2 Å². The molecule has 0 heterocycles. The van der Waals surface area contributed by atoms with Crippen molar-refractivity contribution in [3.8, 4) is 0 Å². The van der Waals surface area contributed by atoms with Gasteiger partial charge in [-0.3, -0.25) is 0 Å². The first-order valence-corrected chi connectivity index (χ1v) is 9.81. The van der Waals surface area contributed by atoms with Gasteiger partial charge in [-0.2, -0.15) is 0 Å². The first-order valence-electron chi connectivity index (χ1n) is 4.49. The van der Waals surface area contributed by atoms with Gasteiger partial charge >= 0.3 is 135 Å². The molecule has 1 atom stereocenters. The molecule has 14 heavy (non-hydrogen) atoms. The summed E-state index contributed by atoms with van der Waals surface area (Å²) in [6.45, 7) is 2.23. The molecule has 0 bridgehead atoms. The van der Waals surface area contributed by atoms with Crippen molar-refractivity contribution < 1.29 is 62.3 Å². The quantitative estimate of drug-likeness (QED) is 0.359. The van der Waals surface area contributed by atoms with E-state index >= 15 is 0 Å². The predicted molar refractivity (Wildman–Crippen MR) is 54.9 cm³/mol. The van der Waals surface area contributed by atoms with E-state index in [0.29, 0.717) is 6.10 Å². The van der Waals surface area contributed by atoms with Crippen LogP contribution in [0.15, 0.2) is 10.2 Å². The van der Waals surface area contributed by atoms with Crippen LogP contribution >= 0.6 is 22.6 Å². The van der Waals surface area contributed by atoms with Crippen molar-refractivity contribution in [2.45, 2.75) is 39.7 Å². The van der Waals surface area contributed by atoms with Crippen LogP contribution in [0, 0.1) is 0 Å². The zero-order chi connectivity index (χ0) is 11.0. The van der Waals surface area contributed by atoms with Crippen molar-refractivity contribution in [3.63, 3.8) is 0 Å². The standard InChI is InChI=1S/C9H14IO.3Re/c1-3-4-6-9(11-2)7-5-8-10;;;/h5,8-9H,3-4,6-7H2,1H3;;;/b8-5+;;;. The molecule has 1 unspecified atom stereocenters. The molecule has 0 radical (unpaired) electrons. The molecule has 0 aromatic rings. The second-order valence-corrected chi connectivity index (χ2v) is 19.5. The average molecular weight is 824 g/mol. The summed E-state index contributed by atoms with van der Waals surface area (Å²) < 4.78 is 8.30. The molecular formula is C9H14IORe3. The normalized spacial score (nSPS) is 14.9. The molecule has 0 spiro atoms. The van der Waals surface area contributed by atoms with Crippen LogP contribution in [0.5, 0.6) is 0 Å². The van der Waals surface area contributed by atoms with Crippen LogP contribution in [-0.2, 0) is 62.3 Å². The molecule has 1 nitrogen and oxygen atoms in total. The van der Waals surface area contributed by atoms with Gasteiger partial charge in [-0.15, -0.1) is 0 Å². The summed E-state index contributed by atoms with van der Waals surface area (Å²) in [5.74, 6) is 0. The van der Waals surface area contributed by atoms with Crippen molar-refractivity contribution in [2.24, 2.45) is 0 Å². The van der Waals surface area contributed by atoms with Gasteiger partial charge in [-0.25, -0.2) is 0 Å². The fourth-order valence-electron chi connectivity index (χ4n) is 1.05. The Labute approximate surface area is 133 Å². The maximum absolute atomic E-state index is 6.06. The summed E-state index contributed by atoms with van der Waals surface area (Å²) in [5.41, 5.74) is 0. The van der Waals surface area contributed by atoms with Gasteiger partial charge in [-0.1, -0.05) is 0 Å². The molecule has 0 saturated carbocycles. The zero-order valence-electron chi connectivity index (χ0n) is 7.98. The summed E-state index contributed by atoms with van der Waals surface area (Å²) >= 11 is 7.56. The van der Waals surface area contributed by atoms with E-state index in [1.165, 1.54) is 19.3 Å². The molecule has 0 aromatic heterocycles. The van der Waals surface area contributed by atoms with Crippen LogP contribution in [0.1, 0.15) is 32.6 Å². The zero-order valence-corrected chi connectivity index (χ0v) is 18.3. The van der Waals surface area contributed by atoms with E-state index in [9.17, 15) is 0 Å². The van der Waals surface area contributed by atoms with Crippen molar-refractivity contribution in [1.29, 1.82) is 0 Å². The molecule has 84 valence electrons. The third-order valence-corrected chi connectivity index (χ3v) is 3.14. The summed E-state index contributed by atoms with van der Waals surface area (Å²) in [5, 5.41) is 0. The fourth-order valence-corrected chi connectivity index (χ4v) is 2.70. The molecule has 0 amide bonds. The van der Waals surface area contributed by atoms with Gasteiger partial charge in [0.15, 0.2) is 0 Å². The second kappa shape index (κ2) is 9.45. The van der Waals surface area contributed by atoms with E-state index in [2.05, 4.69) is 39.7 Å². The first kappa shape index (κ1) is 16.4. The number of rotatable bonds is 7. The molecule has 0 saturated heterocycles. The number of hydrogen-bond acceptors (Lipinski definition) is 1. The van der Waals surface area contributed by atoms with Crippen LogP contribution in [0.4, 0.5) is 0 Å². The first-order chi connectivity index (χ1) is 6.49. The molecular weight excluding hydrogens is 810 g/mol. The van der Waals surface area contributed by atoms with Crippen LogP contribution in [-0.4, -0.2) is 7.12 Å². The Kier molecular flexibility index (Phi) is 11.1. The number of hydrogen-bond donors (Lipinski definition) is 0. The van der Waals surface area contributed by atoms with E-state index in [0.717, 1.165) is 6.42 Å². The van der Waals surface area contributed by atoms with E-state index < -0.39 is 0 Å². The second-order valence-electron chi connectivity index (χ2n) is 2.93. The Morgan fingerprint density at radius 3 is 2.50 bits per heavy atom. The van der Waals surface area contributed by atoms with Crippen LogP contribution < -0.4 is 0 Å². The Morgan fingerprint density at radius 1 is 1.43 bits per heavy atom. The average Bonchev–Trinajstić information content (AvgIpc) is 2.07. The predicted octanol–water partition coefficient (Wildman–Crippen LogP) is 3.15. The number of unbranched alkanes of at least 4 members (excludes halogenated alkanes) is 1. The molecule has 0 N–H and O–H groups in total. The van der Waals surface area contributed by atoms with E-state index in [4.69, 9.17) is 4.74 Å². The van der Waals surface area contributed by atoms with Gasteiger partial charge in [0.25, 0.3) is 0 Å². The fraction of sp³-hybridized carbons (Fsp3) is 0.778. The topological polar surface area (TPSA) is 9.23 Å². The number of ether oxygens (including phenoxy) is 1. The number of halogens is 1. The summed E-state index contributed by atoms with van der Waals surface area (Å²) in [4.78, 5) is 0. The van der Waals surface area contributed by atoms with E-state index in [1.807, 2.05) is 0 Å². The van der Waals surface area contributed by atoms with Crippen LogP contribution in [0.25, 0.3) is 0 Å². The molecule has 0 aromatic carbocycles. The van der Waals surface area contributed by atoms with Gasteiger partial charge in [-0.05, 0) is 0 Å². The molecule has 0 aliphatic heterocycles. The van der Waals surface area contributed by atoms with Crippen molar-refractivity contribution >= 4 is 22.6 Å². The summed E-state index contributed by atoms with van der Waals surface area (Å²) in [7, 11) is 0. The molecule has 0 fully saturated rings. The van der Waals surface area contributed by atoms with Gasteiger partial charge < -0.3 is 0 Å². The molecule has 0 rings (SSSR count). The van der Waals surface area contributed by atoms with Crippen LogP contribution in [0.2, 0.25) is 0 Å². The summed E-state index contributed by atoms with van der Waals surface area (Å²) in [6, 6.07) is 0. The van der Waals surface area contributed by atoms with Gasteiger partial charge in [0.1, 0.15) is 0 Å². The van der Waals surface area contributed by atoms with Crippen molar-refractivity contribution in [2.75, 3.05) is 0 Å². The van der Waals surface area contributed by atoms with E-state index in [-0.39, 0.29) is 1.02 Å². The van der Waals surface area contributed by atoms with Gasteiger partial charge in [0.2, 0.25) is 0 Å². The van der Waals surface area contributed by atoms with Crippen molar-refractivity contribution in [1.82, 2.24) is 0 Å². The Morgan fingerprint density at radius 2 is 2.07 bits per heavy atom. The van der Waals surface area contributed by atoms with E-state index in [1.54, 1.807) is 57.6 Å². The third kappa shape index (κ3) is 10.9. The van der Waals surface area contributed by atoms with Gasteiger partial charge in [0.05, 0.1) is 0 Å².